The molecule has 0 atom stereocenters. The Bertz CT molecular complexity index is 1470. The summed E-state index contributed by atoms with van der Waals surface area (Å²) in [6.45, 7) is 12.7. The average molecular weight is 449 g/mol. The van der Waals surface area contributed by atoms with Gasteiger partial charge in [0.2, 0.25) is 0 Å². The van der Waals surface area contributed by atoms with E-state index in [1.807, 2.05) is 13.0 Å². The number of aromatic nitrogens is 4. The van der Waals surface area contributed by atoms with Gasteiger partial charge in [0.1, 0.15) is 10.5 Å². The number of nitrogens with one attached hydrogen (secondary N) is 1. The van der Waals surface area contributed by atoms with Crippen LogP contribution in [-0.4, -0.2) is 33.2 Å². The summed E-state index contributed by atoms with van der Waals surface area (Å²) in [6, 6.07) is 3.60. The van der Waals surface area contributed by atoms with Crippen LogP contribution in [0.3, 0.4) is 0 Å². The zero-order valence-corrected chi connectivity index (χ0v) is 18.6. The molecule has 1 N–H and O–H groups in total. The number of thiophene rings is 1. The predicted octanol–water partition coefficient (Wildman–Crippen LogP) is 2.96. The molecule has 9 nitrogen and oxygen atoms in total. The van der Waals surface area contributed by atoms with Gasteiger partial charge in [-0.1, -0.05) is 13.2 Å². The molecule has 10 heteroatoms. The van der Waals surface area contributed by atoms with Crippen molar-refractivity contribution in [2.24, 2.45) is 12.0 Å². The van der Waals surface area contributed by atoms with E-state index in [1.54, 1.807) is 24.0 Å². The molecular formula is C22H20N6O3S. The fourth-order valence-electron chi connectivity index (χ4n) is 3.34. The van der Waals surface area contributed by atoms with Gasteiger partial charge in [-0.3, -0.25) is 14.5 Å². The first kappa shape index (κ1) is 22.5. The highest BCUT2D eigenvalue weighted by Crippen LogP contribution is 2.34. The number of allylic oxidation sites excluding steroid dienone is 3. The SMILES string of the molecule is C=C/C(OC)=C(\C(=C)C#N)c1cc2[nH]c(=O)n(/C(=C/N=C)c3c(C)cnn3C)c(=O)c2s1. The summed E-state index contributed by atoms with van der Waals surface area (Å²) in [5.41, 5.74) is 1.20. The van der Waals surface area contributed by atoms with Crippen molar-refractivity contribution in [3.8, 4) is 6.07 Å². The van der Waals surface area contributed by atoms with Crippen LogP contribution in [0, 0.1) is 18.3 Å². The average Bonchev–Trinajstić information content (AvgIpc) is 3.33. The molecule has 0 aliphatic rings. The smallest absolute Gasteiger partial charge is 0.333 e. The Hall–Kier alpha value is -4.23. The van der Waals surface area contributed by atoms with Gasteiger partial charge in [-0.15, -0.1) is 11.3 Å². The number of ether oxygens (including phenoxy) is 1. The molecule has 32 heavy (non-hydrogen) atoms. The predicted molar refractivity (Wildman–Crippen MR) is 126 cm³/mol. The molecule has 0 unspecified atom stereocenters. The quantitative estimate of drug-likeness (QED) is 0.258. The molecule has 162 valence electrons. The molecule has 0 saturated carbocycles. The van der Waals surface area contributed by atoms with Crippen LogP contribution >= 0.6 is 11.3 Å². The minimum Gasteiger partial charge on any atom is -0.496 e. The summed E-state index contributed by atoms with van der Waals surface area (Å²) >= 11 is 1.10. The van der Waals surface area contributed by atoms with Crippen LogP contribution < -0.4 is 11.2 Å². The van der Waals surface area contributed by atoms with Crippen molar-refractivity contribution in [2.75, 3.05) is 7.11 Å². The molecule has 3 aromatic rings. The number of aromatic amines is 1. The minimum atomic E-state index is -0.650. The Kier molecular flexibility index (Phi) is 6.22. The van der Waals surface area contributed by atoms with Crippen molar-refractivity contribution in [3.05, 3.63) is 86.0 Å². The Labute approximate surface area is 187 Å². The van der Waals surface area contributed by atoms with Crippen LogP contribution in [0.25, 0.3) is 21.5 Å². The second kappa shape index (κ2) is 8.87. The number of fused-ring (bicyclic) bond motifs is 1. The number of hydrogen-bond donors (Lipinski definition) is 1. The number of hydrogen-bond acceptors (Lipinski definition) is 7. The number of nitrogens with zero attached hydrogens (tertiary/aromatic N) is 5. The van der Waals surface area contributed by atoms with Gasteiger partial charge in [0.05, 0.1) is 53.6 Å². The lowest BCUT2D eigenvalue weighted by atomic mass is 10.1. The fraction of sp³-hybridized carbons (Fsp3) is 0.136. The molecule has 3 aromatic heterocycles. The third kappa shape index (κ3) is 3.66. The Morgan fingerprint density at radius 2 is 2.16 bits per heavy atom. The molecule has 0 aromatic carbocycles. The molecule has 0 saturated heterocycles. The fourth-order valence-corrected chi connectivity index (χ4v) is 4.46. The lowest BCUT2D eigenvalue weighted by Gasteiger charge is -2.10. The van der Waals surface area contributed by atoms with Gasteiger partial charge >= 0.3 is 5.69 Å². The first-order valence-electron chi connectivity index (χ1n) is 9.23. The van der Waals surface area contributed by atoms with Crippen molar-refractivity contribution < 1.29 is 4.74 Å². The molecule has 0 amide bonds. The molecule has 3 heterocycles. The van der Waals surface area contributed by atoms with E-state index >= 15 is 0 Å². The first-order chi connectivity index (χ1) is 15.3. The van der Waals surface area contributed by atoms with E-state index in [9.17, 15) is 14.9 Å². The topological polar surface area (TPSA) is 118 Å². The molecule has 0 spiro atoms. The highest BCUT2D eigenvalue weighted by Gasteiger charge is 2.21. The summed E-state index contributed by atoms with van der Waals surface area (Å²) in [4.78, 5) is 33.4. The van der Waals surface area contributed by atoms with Gasteiger partial charge < -0.3 is 9.72 Å². The normalized spacial score (nSPS) is 12.2. The van der Waals surface area contributed by atoms with Gasteiger partial charge in [-0.25, -0.2) is 9.36 Å². The largest absolute Gasteiger partial charge is 0.496 e. The van der Waals surface area contributed by atoms with E-state index in [0.717, 1.165) is 21.5 Å². The summed E-state index contributed by atoms with van der Waals surface area (Å²) in [7, 11) is 3.14. The van der Waals surface area contributed by atoms with Crippen LogP contribution in [0.2, 0.25) is 0 Å². The van der Waals surface area contributed by atoms with E-state index < -0.39 is 11.2 Å². The molecule has 3 rings (SSSR count). The van der Waals surface area contributed by atoms with Crippen molar-refractivity contribution >= 4 is 39.5 Å². The third-order valence-corrected chi connectivity index (χ3v) is 5.87. The van der Waals surface area contributed by atoms with Gasteiger partial charge in [-0.05, 0) is 31.3 Å². The van der Waals surface area contributed by atoms with E-state index in [2.05, 4.69) is 35.0 Å². The van der Waals surface area contributed by atoms with Crippen molar-refractivity contribution in [2.45, 2.75) is 6.92 Å². The van der Waals surface area contributed by atoms with E-state index in [-0.39, 0.29) is 16.0 Å². The molecule has 0 aliphatic carbocycles. The van der Waals surface area contributed by atoms with E-state index in [1.165, 1.54) is 19.4 Å². The Balaban J connectivity index is 2.37. The van der Waals surface area contributed by atoms with Crippen molar-refractivity contribution in [1.29, 1.82) is 5.26 Å². The standard InChI is InChI=1S/C22H20N6O3S/c1-7-16(31-6)18(12(2)9-23)17-8-14-20(32-17)21(29)28(22(30)26-14)15(11-24-4)19-13(3)10-25-27(19)5/h7-8,10-11H,1-2,4H2,3,5-6H3,(H,26,30)/b15-11+,18-16-. The summed E-state index contributed by atoms with van der Waals surface area (Å²) in [5.74, 6) is 0.327. The zero-order valence-electron chi connectivity index (χ0n) is 17.8. The zero-order chi connectivity index (χ0) is 23.6. The molecule has 0 fully saturated rings. The second-order valence-electron chi connectivity index (χ2n) is 6.66. The maximum atomic E-state index is 13.4. The number of rotatable bonds is 7. The molecule has 0 radical (unpaired) electrons. The van der Waals surface area contributed by atoms with Crippen LogP contribution in [0.4, 0.5) is 0 Å². The molecule has 0 aliphatic heterocycles. The van der Waals surface area contributed by atoms with Crippen molar-refractivity contribution in [3.63, 3.8) is 0 Å². The van der Waals surface area contributed by atoms with Crippen molar-refractivity contribution in [1.82, 2.24) is 19.3 Å². The van der Waals surface area contributed by atoms with Gasteiger partial charge in [0, 0.05) is 11.9 Å². The number of aliphatic imine (C=N–C) groups is 1. The van der Waals surface area contributed by atoms with Gasteiger partial charge in [0.25, 0.3) is 5.56 Å². The number of nitriles is 1. The second-order valence-corrected chi connectivity index (χ2v) is 7.71. The lowest BCUT2D eigenvalue weighted by Crippen LogP contribution is -2.34. The molecular weight excluding hydrogens is 428 g/mol. The third-order valence-electron chi connectivity index (χ3n) is 4.73. The Morgan fingerprint density at radius 1 is 1.44 bits per heavy atom. The highest BCUT2D eigenvalue weighted by molar-refractivity contribution is 7.20. The van der Waals surface area contributed by atoms with Crippen LogP contribution in [0.15, 0.2) is 63.6 Å². The molecule has 0 bridgehead atoms. The van der Waals surface area contributed by atoms with Crippen LogP contribution in [0.1, 0.15) is 16.1 Å². The van der Waals surface area contributed by atoms with E-state index in [4.69, 9.17) is 4.74 Å². The summed E-state index contributed by atoms with van der Waals surface area (Å²) in [6.07, 6.45) is 4.41. The number of H-pyrrole nitrogens is 1. The summed E-state index contributed by atoms with van der Waals surface area (Å²) < 4.78 is 8.14. The van der Waals surface area contributed by atoms with Gasteiger partial charge in [-0.2, -0.15) is 10.4 Å². The van der Waals surface area contributed by atoms with Gasteiger partial charge in [0.15, 0.2) is 0 Å². The summed E-state index contributed by atoms with van der Waals surface area (Å²) in [5, 5.41) is 13.6. The maximum Gasteiger partial charge on any atom is 0.333 e. The van der Waals surface area contributed by atoms with Crippen LogP contribution in [-0.2, 0) is 11.8 Å². The monoisotopic (exact) mass is 448 g/mol. The maximum absolute atomic E-state index is 13.4. The Morgan fingerprint density at radius 3 is 2.69 bits per heavy atom. The highest BCUT2D eigenvalue weighted by atomic mass is 32.1. The lowest BCUT2D eigenvalue weighted by molar-refractivity contribution is 0.309. The number of aryl methyl sites for hydroxylation is 2. The number of methoxy groups -OCH3 is 1. The van der Waals surface area contributed by atoms with E-state index in [0.29, 0.717) is 27.4 Å². The van der Waals surface area contributed by atoms with Crippen LogP contribution in [0.5, 0.6) is 0 Å². The minimum absolute atomic E-state index is 0.137. The first-order valence-corrected chi connectivity index (χ1v) is 10.0.